The molecule has 7 nitrogen and oxygen atoms in total. The smallest absolute Gasteiger partial charge is 0.271 e. The van der Waals surface area contributed by atoms with Gasteiger partial charge in [-0.3, -0.25) is 19.7 Å². The van der Waals surface area contributed by atoms with Crippen molar-refractivity contribution in [1.29, 1.82) is 0 Å². The van der Waals surface area contributed by atoms with Crippen LogP contribution in [-0.4, -0.2) is 32.7 Å². The molecule has 3 heterocycles. The average molecular weight is 413 g/mol. The second-order valence-electron chi connectivity index (χ2n) is 6.22. The van der Waals surface area contributed by atoms with E-state index in [9.17, 15) is 4.79 Å². The number of fused-ring (bicyclic) bond motifs is 1. The van der Waals surface area contributed by atoms with Crippen LogP contribution in [0.2, 0.25) is 0 Å². The Labute approximate surface area is 171 Å². The number of amidine groups is 1. The molecule has 0 bridgehead atoms. The van der Waals surface area contributed by atoms with Crippen LogP contribution in [0.1, 0.15) is 18.2 Å². The summed E-state index contributed by atoms with van der Waals surface area (Å²) in [5.74, 6) is -0.136. The lowest BCUT2D eigenvalue weighted by molar-refractivity contribution is -0.111. The topological polar surface area (TPSA) is 110 Å². The van der Waals surface area contributed by atoms with E-state index < -0.39 is 5.91 Å². The van der Waals surface area contributed by atoms with Crippen LogP contribution < -0.4 is 11.5 Å². The minimum absolute atomic E-state index is 0.00140. The molecule has 0 radical (unpaired) electrons. The van der Waals surface area contributed by atoms with Crippen molar-refractivity contribution in [2.24, 2.45) is 21.5 Å². The van der Waals surface area contributed by atoms with Crippen molar-refractivity contribution in [1.82, 2.24) is 9.88 Å². The van der Waals surface area contributed by atoms with E-state index in [1.54, 1.807) is 22.9 Å². The molecule has 0 fully saturated rings. The Morgan fingerprint density at radius 1 is 1.18 bits per heavy atom. The minimum Gasteiger partial charge on any atom is -0.382 e. The molecule has 1 aromatic heterocycles. The van der Waals surface area contributed by atoms with E-state index >= 15 is 0 Å². The summed E-state index contributed by atoms with van der Waals surface area (Å²) in [4.78, 5) is 28.0. The molecule has 9 heteroatoms. The number of nitrogens with zero attached hydrogens (tertiary/aromatic N) is 4. The number of amides is 1. The van der Waals surface area contributed by atoms with Gasteiger partial charge in [-0.15, -0.1) is 11.8 Å². The molecule has 142 valence electrons. The minimum atomic E-state index is -0.709. The van der Waals surface area contributed by atoms with E-state index in [0.29, 0.717) is 12.3 Å². The molecule has 2 aliphatic heterocycles. The van der Waals surface area contributed by atoms with Crippen molar-refractivity contribution in [3.8, 4) is 0 Å². The second kappa shape index (κ2) is 7.65. The van der Waals surface area contributed by atoms with Gasteiger partial charge >= 0.3 is 0 Å². The average Bonchev–Trinajstić information content (AvgIpc) is 2.71. The molecule has 0 saturated heterocycles. The first-order valence-electron chi connectivity index (χ1n) is 8.58. The fraction of sp³-hybridized carbons (Fsp3) is 0.158. The Bertz CT molecular complexity index is 992. The quantitative estimate of drug-likeness (QED) is 0.750. The number of pyridine rings is 1. The summed E-state index contributed by atoms with van der Waals surface area (Å²) >= 11 is 7.79. The molecule has 2 unspecified atom stereocenters. The van der Waals surface area contributed by atoms with Gasteiger partial charge in [0, 0.05) is 17.5 Å². The molecule has 4 rings (SSSR count). The monoisotopic (exact) mass is 412 g/mol. The van der Waals surface area contributed by atoms with Gasteiger partial charge in [0.2, 0.25) is 0 Å². The molecule has 4 N–H and O–H groups in total. The van der Waals surface area contributed by atoms with Crippen molar-refractivity contribution in [2.75, 3.05) is 0 Å². The third kappa shape index (κ3) is 3.48. The van der Waals surface area contributed by atoms with E-state index in [-0.39, 0.29) is 28.1 Å². The molecule has 2 aromatic rings. The Kier molecular flexibility index (Phi) is 5.06. The number of thioether (sulfide) groups is 1. The summed E-state index contributed by atoms with van der Waals surface area (Å²) in [6, 6.07) is 15.3. The van der Waals surface area contributed by atoms with E-state index in [1.165, 1.54) is 0 Å². The lowest BCUT2D eigenvalue weighted by Gasteiger charge is -2.40. The molecule has 1 amide bonds. The first-order chi connectivity index (χ1) is 13.5. The van der Waals surface area contributed by atoms with Crippen LogP contribution >= 0.6 is 23.4 Å². The van der Waals surface area contributed by atoms with Crippen molar-refractivity contribution in [3.05, 3.63) is 71.4 Å². The summed E-state index contributed by atoms with van der Waals surface area (Å²) < 4.78 is 0. The number of primary amides is 1. The van der Waals surface area contributed by atoms with Crippen LogP contribution in [0.5, 0.6) is 0 Å². The highest BCUT2D eigenvalue weighted by Gasteiger charge is 2.40. The van der Waals surface area contributed by atoms with Gasteiger partial charge in [0.15, 0.2) is 16.7 Å². The van der Waals surface area contributed by atoms with Crippen LogP contribution in [-0.2, 0) is 4.79 Å². The zero-order valence-electron chi connectivity index (χ0n) is 14.7. The van der Waals surface area contributed by atoms with E-state index in [2.05, 4.69) is 9.98 Å². The lowest BCUT2D eigenvalue weighted by atomic mass is 10.1. The van der Waals surface area contributed by atoms with Gasteiger partial charge in [0.25, 0.3) is 5.91 Å². The molecular formula is C19H17ClN6OS. The van der Waals surface area contributed by atoms with Gasteiger partial charge in [-0.05, 0) is 24.3 Å². The molecule has 2 aliphatic rings. The van der Waals surface area contributed by atoms with Crippen LogP contribution in [0.4, 0.5) is 0 Å². The SMILES string of the molecule is NC(=O)C1=NC(Cl)=C(N)N2C1=NC(c1ccccn1)CC2Sc1ccccc1. The van der Waals surface area contributed by atoms with Gasteiger partial charge in [0.05, 0.1) is 17.1 Å². The molecule has 0 spiro atoms. The van der Waals surface area contributed by atoms with Crippen molar-refractivity contribution < 1.29 is 4.79 Å². The van der Waals surface area contributed by atoms with E-state index in [1.807, 2.05) is 48.5 Å². The summed E-state index contributed by atoms with van der Waals surface area (Å²) in [5, 5.41) is -0.136. The van der Waals surface area contributed by atoms with Crippen LogP contribution in [0.25, 0.3) is 0 Å². The fourth-order valence-corrected chi connectivity index (χ4v) is 4.53. The van der Waals surface area contributed by atoms with Crippen molar-refractivity contribution in [3.63, 3.8) is 0 Å². The zero-order valence-corrected chi connectivity index (χ0v) is 16.3. The normalized spacial score (nSPS) is 21.7. The van der Waals surface area contributed by atoms with E-state index in [0.717, 1.165) is 10.6 Å². The highest BCUT2D eigenvalue weighted by atomic mass is 35.5. The number of carbonyl (C=O) groups excluding carboxylic acids is 1. The van der Waals surface area contributed by atoms with Crippen LogP contribution in [0.15, 0.2) is 80.6 Å². The number of benzene rings is 1. The fourth-order valence-electron chi connectivity index (χ4n) is 3.13. The van der Waals surface area contributed by atoms with Gasteiger partial charge in [-0.1, -0.05) is 35.9 Å². The zero-order chi connectivity index (χ0) is 19.7. The second-order valence-corrected chi connectivity index (χ2v) is 7.82. The standard InChI is InChI=1S/C19H17ClN6OS/c20-16-17(21)26-14(28-11-6-2-1-3-7-11)10-13(12-8-4-5-9-23-12)24-19(26)15(25-16)18(22)27/h1-9,13-14H,10,21H2,(H2,22,27). The summed E-state index contributed by atoms with van der Waals surface area (Å²) in [6.45, 7) is 0. The predicted octanol–water partition coefficient (Wildman–Crippen LogP) is 2.61. The number of rotatable bonds is 4. The Hall–Kier alpha value is -2.84. The number of hydrogen-bond donors (Lipinski definition) is 2. The Balaban J connectivity index is 1.80. The lowest BCUT2D eigenvalue weighted by Crippen LogP contribution is -2.52. The summed E-state index contributed by atoms with van der Waals surface area (Å²) in [5.41, 5.74) is 12.6. The Morgan fingerprint density at radius 2 is 1.93 bits per heavy atom. The Morgan fingerprint density at radius 3 is 2.61 bits per heavy atom. The third-order valence-electron chi connectivity index (χ3n) is 4.39. The van der Waals surface area contributed by atoms with Crippen LogP contribution in [0.3, 0.4) is 0 Å². The highest BCUT2D eigenvalue weighted by molar-refractivity contribution is 8.00. The molecule has 0 saturated carbocycles. The van der Waals surface area contributed by atoms with Crippen LogP contribution in [0, 0.1) is 0 Å². The predicted molar refractivity (Wildman–Crippen MR) is 111 cm³/mol. The number of halogens is 1. The number of aliphatic imine (C=N–C) groups is 2. The van der Waals surface area contributed by atoms with Gasteiger partial charge in [-0.25, -0.2) is 4.99 Å². The number of aromatic nitrogens is 1. The first kappa shape index (κ1) is 18.5. The third-order valence-corrected chi connectivity index (χ3v) is 5.89. The van der Waals surface area contributed by atoms with Gasteiger partial charge in [0.1, 0.15) is 5.82 Å². The summed E-state index contributed by atoms with van der Waals surface area (Å²) in [6.07, 6.45) is 2.34. The van der Waals surface area contributed by atoms with E-state index in [4.69, 9.17) is 28.1 Å². The maximum absolute atomic E-state index is 12.0. The number of carbonyl (C=O) groups is 1. The highest BCUT2D eigenvalue weighted by Crippen LogP contribution is 2.40. The van der Waals surface area contributed by atoms with Crippen molar-refractivity contribution in [2.45, 2.75) is 22.7 Å². The molecular weight excluding hydrogens is 396 g/mol. The molecule has 28 heavy (non-hydrogen) atoms. The summed E-state index contributed by atoms with van der Waals surface area (Å²) in [7, 11) is 0. The first-order valence-corrected chi connectivity index (χ1v) is 9.84. The molecule has 2 atom stereocenters. The molecule has 0 aliphatic carbocycles. The maximum atomic E-state index is 12.0. The number of hydrogen-bond acceptors (Lipinski definition) is 7. The molecule has 1 aromatic carbocycles. The van der Waals surface area contributed by atoms with Crippen molar-refractivity contribution >= 4 is 40.8 Å². The maximum Gasteiger partial charge on any atom is 0.271 e. The van der Waals surface area contributed by atoms with Gasteiger partial charge in [-0.2, -0.15) is 0 Å². The number of nitrogens with two attached hydrogens (primary N) is 2. The van der Waals surface area contributed by atoms with Gasteiger partial charge < -0.3 is 11.5 Å². The largest absolute Gasteiger partial charge is 0.382 e.